The molecule has 8 nitrogen and oxygen atoms in total. The summed E-state index contributed by atoms with van der Waals surface area (Å²) < 4.78 is 19.1. The van der Waals surface area contributed by atoms with Crippen LogP contribution in [0.1, 0.15) is 58.2 Å². The zero-order chi connectivity index (χ0) is 36.3. The topological polar surface area (TPSA) is 83.7 Å². The maximum Gasteiger partial charge on any atom is 0.142 e. The molecule has 0 atom stereocenters. The third-order valence-corrected chi connectivity index (χ3v) is 9.82. The Hall–Kier alpha value is -4.94. The second-order valence-corrected chi connectivity index (χ2v) is 13.9. The molecule has 268 valence electrons. The molecule has 0 bridgehead atoms. The molecular weight excluding hydrogens is 670 g/mol. The molecule has 9 heteroatoms. The van der Waals surface area contributed by atoms with Crippen molar-refractivity contribution in [1.29, 1.82) is 5.26 Å². The summed E-state index contributed by atoms with van der Waals surface area (Å²) in [6, 6.07) is 24.3. The van der Waals surface area contributed by atoms with Gasteiger partial charge in [0.15, 0.2) is 0 Å². The van der Waals surface area contributed by atoms with Gasteiger partial charge in [0.2, 0.25) is 0 Å². The van der Waals surface area contributed by atoms with E-state index in [0.29, 0.717) is 48.4 Å². The molecule has 0 amide bonds. The van der Waals surface area contributed by atoms with E-state index in [1.54, 1.807) is 18.5 Å². The maximum atomic E-state index is 9.35. The number of hydrogen-bond acceptors (Lipinski definition) is 8. The standard InChI is InChI=1S/C43H46ClN5O3/c1-31-36(11-6-12-38(31)39-13-7-14-41(32(39)2)50-19-9-18-49-16-4-5-17-49)30-52-43-22-42(51-29-35-20-34(23-45)25-47-26-35)37(21-40(43)44)28-48(3)27-33-10-8-15-46-24-33/h6-8,10-15,20-22,24-26H,4-5,9,16-19,27-30H2,1-3H3. The largest absolute Gasteiger partial charge is 0.493 e. The summed E-state index contributed by atoms with van der Waals surface area (Å²) in [4.78, 5) is 13.1. The lowest BCUT2D eigenvalue weighted by Gasteiger charge is -2.21. The van der Waals surface area contributed by atoms with Gasteiger partial charge < -0.3 is 19.1 Å². The van der Waals surface area contributed by atoms with Crippen molar-refractivity contribution >= 4 is 11.6 Å². The van der Waals surface area contributed by atoms with Gasteiger partial charge in [-0.1, -0.05) is 48.0 Å². The zero-order valence-electron chi connectivity index (χ0n) is 30.3. The Balaban J connectivity index is 1.18. The summed E-state index contributed by atoms with van der Waals surface area (Å²) >= 11 is 6.89. The first-order chi connectivity index (χ1) is 25.4. The van der Waals surface area contributed by atoms with E-state index in [9.17, 15) is 5.26 Å². The van der Waals surface area contributed by atoms with Crippen LogP contribution in [-0.4, -0.2) is 53.1 Å². The average molecular weight is 716 g/mol. The second kappa shape index (κ2) is 18.0. The number of hydrogen-bond donors (Lipinski definition) is 0. The molecule has 3 heterocycles. The smallest absolute Gasteiger partial charge is 0.142 e. The first-order valence-electron chi connectivity index (χ1n) is 17.9. The molecule has 1 saturated heterocycles. The molecular formula is C43H46ClN5O3. The molecule has 5 aromatic rings. The van der Waals surface area contributed by atoms with Crippen molar-refractivity contribution in [1.82, 2.24) is 19.8 Å². The molecule has 52 heavy (non-hydrogen) atoms. The minimum Gasteiger partial charge on any atom is -0.493 e. The highest BCUT2D eigenvalue weighted by molar-refractivity contribution is 6.32. The lowest BCUT2D eigenvalue weighted by molar-refractivity contribution is 0.262. The Bertz CT molecular complexity index is 1990. The minimum absolute atomic E-state index is 0.241. The van der Waals surface area contributed by atoms with Crippen molar-refractivity contribution in [3.8, 4) is 34.4 Å². The molecule has 1 fully saturated rings. The first-order valence-corrected chi connectivity index (χ1v) is 18.3. The van der Waals surface area contributed by atoms with Gasteiger partial charge in [-0.3, -0.25) is 14.9 Å². The Labute approximate surface area is 312 Å². The van der Waals surface area contributed by atoms with Crippen LogP contribution in [0.25, 0.3) is 11.1 Å². The van der Waals surface area contributed by atoms with Gasteiger partial charge in [0, 0.05) is 61.6 Å². The second-order valence-electron chi connectivity index (χ2n) is 13.5. The van der Waals surface area contributed by atoms with E-state index in [-0.39, 0.29) is 6.61 Å². The molecule has 0 radical (unpaired) electrons. The van der Waals surface area contributed by atoms with E-state index in [1.165, 1.54) is 32.1 Å². The van der Waals surface area contributed by atoms with Gasteiger partial charge in [-0.25, -0.2) is 0 Å². The third kappa shape index (κ3) is 9.68. The van der Waals surface area contributed by atoms with Gasteiger partial charge in [-0.2, -0.15) is 5.26 Å². The number of benzene rings is 3. The van der Waals surface area contributed by atoms with E-state index in [4.69, 9.17) is 25.8 Å². The van der Waals surface area contributed by atoms with Crippen molar-refractivity contribution in [2.45, 2.75) is 59.4 Å². The van der Waals surface area contributed by atoms with Gasteiger partial charge in [0.05, 0.1) is 17.2 Å². The number of nitriles is 1. The predicted octanol–water partition coefficient (Wildman–Crippen LogP) is 8.94. The number of ether oxygens (including phenoxy) is 3. The van der Waals surface area contributed by atoms with Gasteiger partial charge in [-0.15, -0.1) is 0 Å². The Morgan fingerprint density at radius 1 is 0.769 bits per heavy atom. The Morgan fingerprint density at radius 3 is 2.33 bits per heavy atom. The van der Waals surface area contributed by atoms with Crippen LogP contribution >= 0.6 is 11.6 Å². The van der Waals surface area contributed by atoms with Crippen molar-refractivity contribution in [3.05, 3.63) is 135 Å². The molecule has 0 unspecified atom stereocenters. The van der Waals surface area contributed by atoms with Gasteiger partial charge in [-0.05, 0) is 111 Å². The molecule has 6 rings (SSSR count). The molecule has 3 aromatic carbocycles. The van der Waals surface area contributed by atoms with E-state index in [0.717, 1.165) is 63.2 Å². The summed E-state index contributed by atoms with van der Waals surface area (Å²) in [6.45, 7) is 10.4. The Morgan fingerprint density at radius 2 is 1.54 bits per heavy atom. The number of nitrogens with zero attached hydrogens (tertiary/aromatic N) is 5. The quantitative estimate of drug-likeness (QED) is 0.0937. The van der Waals surface area contributed by atoms with Crippen molar-refractivity contribution in [3.63, 3.8) is 0 Å². The van der Waals surface area contributed by atoms with Gasteiger partial charge in [0.25, 0.3) is 0 Å². The number of halogens is 1. The number of aromatic nitrogens is 2. The molecule has 2 aromatic heterocycles. The highest BCUT2D eigenvalue weighted by Gasteiger charge is 2.17. The minimum atomic E-state index is 0.241. The van der Waals surface area contributed by atoms with Crippen LogP contribution in [-0.2, 0) is 26.3 Å². The molecule has 1 aliphatic rings. The van der Waals surface area contributed by atoms with Crippen LogP contribution in [0.3, 0.4) is 0 Å². The molecule has 0 N–H and O–H groups in total. The van der Waals surface area contributed by atoms with E-state index in [2.05, 4.69) is 82.1 Å². The molecule has 0 saturated carbocycles. The molecule has 0 aliphatic carbocycles. The zero-order valence-corrected chi connectivity index (χ0v) is 31.0. The van der Waals surface area contributed by atoms with Crippen LogP contribution in [0.2, 0.25) is 5.02 Å². The van der Waals surface area contributed by atoms with Crippen molar-refractivity contribution in [2.24, 2.45) is 0 Å². The summed E-state index contributed by atoms with van der Waals surface area (Å²) in [5, 5.41) is 9.85. The first kappa shape index (κ1) is 36.8. The van der Waals surface area contributed by atoms with Crippen LogP contribution in [0.4, 0.5) is 0 Å². The predicted molar refractivity (Wildman–Crippen MR) is 206 cm³/mol. The van der Waals surface area contributed by atoms with Crippen LogP contribution < -0.4 is 14.2 Å². The van der Waals surface area contributed by atoms with Crippen molar-refractivity contribution in [2.75, 3.05) is 33.3 Å². The summed E-state index contributed by atoms with van der Waals surface area (Å²) in [7, 11) is 2.05. The maximum absolute atomic E-state index is 9.35. The van der Waals surface area contributed by atoms with Gasteiger partial charge >= 0.3 is 0 Å². The van der Waals surface area contributed by atoms with Gasteiger partial charge in [0.1, 0.15) is 36.5 Å². The highest BCUT2D eigenvalue weighted by atomic mass is 35.5. The van der Waals surface area contributed by atoms with E-state index in [1.807, 2.05) is 31.4 Å². The average Bonchev–Trinajstić information content (AvgIpc) is 3.68. The van der Waals surface area contributed by atoms with E-state index >= 15 is 0 Å². The third-order valence-electron chi connectivity index (χ3n) is 9.53. The number of likely N-dealkylation sites (tertiary alicyclic amines) is 1. The van der Waals surface area contributed by atoms with Crippen LogP contribution in [0.5, 0.6) is 17.2 Å². The lowest BCUT2D eigenvalue weighted by Crippen LogP contribution is -2.22. The fourth-order valence-corrected chi connectivity index (χ4v) is 6.95. The monoisotopic (exact) mass is 715 g/mol. The Kier molecular flexibility index (Phi) is 12.8. The number of pyridine rings is 2. The van der Waals surface area contributed by atoms with Crippen molar-refractivity contribution < 1.29 is 14.2 Å². The lowest BCUT2D eigenvalue weighted by atomic mass is 9.93. The summed E-state index contributed by atoms with van der Waals surface area (Å²) in [5.41, 5.74) is 8.95. The summed E-state index contributed by atoms with van der Waals surface area (Å²) in [6.07, 6.45) is 10.5. The number of rotatable bonds is 16. The highest BCUT2D eigenvalue weighted by Crippen LogP contribution is 2.37. The fraction of sp³-hybridized carbons (Fsp3) is 0.326. The summed E-state index contributed by atoms with van der Waals surface area (Å²) in [5.74, 6) is 2.11. The normalized spacial score (nSPS) is 12.9. The van der Waals surface area contributed by atoms with Crippen LogP contribution in [0, 0.1) is 25.2 Å². The SMILES string of the molecule is Cc1c(COc2cc(OCc3cncc(C#N)c3)c(CN(C)Cc3cccnc3)cc2Cl)cccc1-c1cccc(OCCCN2CCCC2)c1C. The molecule has 1 aliphatic heterocycles. The molecule has 0 spiro atoms. The van der Waals surface area contributed by atoms with E-state index < -0.39 is 0 Å². The van der Waals surface area contributed by atoms with Crippen LogP contribution in [0.15, 0.2) is 91.5 Å². The fourth-order valence-electron chi connectivity index (χ4n) is 6.71.